The monoisotopic (exact) mass is 359 g/mol. The summed E-state index contributed by atoms with van der Waals surface area (Å²) in [5.41, 5.74) is 1.33. The van der Waals surface area contributed by atoms with E-state index < -0.39 is 0 Å². The molecule has 1 aromatic rings. The zero-order valence-electron chi connectivity index (χ0n) is 12.5. The number of hydrogen-bond acceptors (Lipinski definition) is 3. The molecule has 1 fully saturated rings. The average Bonchev–Trinajstić information content (AvgIpc) is 2.48. The second-order valence-electron chi connectivity index (χ2n) is 5.69. The summed E-state index contributed by atoms with van der Waals surface area (Å²) in [4.78, 5) is 0. The Morgan fingerprint density at radius 2 is 2.14 bits per heavy atom. The molecule has 0 atom stereocenters. The van der Waals surface area contributed by atoms with Crippen molar-refractivity contribution in [2.24, 2.45) is 5.41 Å². The molecular weight excluding hydrogens is 337 g/mol. The highest BCUT2D eigenvalue weighted by Crippen LogP contribution is 2.35. The molecule has 0 bridgehead atoms. The van der Waals surface area contributed by atoms with E-state index in [1.54, 1.807) is 13.2 Å². The van der Waals surface area contributed by atoms with Crippen molar-refractivity contribution in [3.8, 4) is 0 Å². The summed E-state index contributed by atoms with van der Waals surface area (Å²) in [7, 11) is 1.71. The number of ether oxygens (including phenoxy) is 2. The van der Waals surface area contributed by atoms with Crippen LogP contribution in [0.1, 0.15) is 18.4 Å². The van der Waals surface area contributed by atoms with E-state index in [0.29, 0.717) is 6.61 Å². The highest BCUT2D eigenvalue weighted by molar-refractivity contribution is 9.10. The summed E-state index contributed by atoms with van der Waals surface area (Å²) in [6, 6.07) is 4.96. The fraction of sp³-hybridized carbons (Fsp3) is 0.625. The first-order valence-corrected chi connectivity index (χ1v) is 8.16. The van der Waals surface area contributed by atoms with Crippen molar-refractivity contribution in [2.45, 2.75) is 19.3 Å². The van der Waals surface area contributed by atoms with Crippen LogP contribution >= 0.6 is 15.9 Å². The van der Waals surface area contributed by atoms with Crippen molar-refractivity contribution in [2.75, 3.05) is 40.0 Å². The Morgan fingerprint density at radius 3 is 2.81 bits per heavy atom. The molecule has 0 saturated carbocycles. The average molecular weight is 360 g/mol. The van der Waals surface area contributed by atoms with Gasteiger partial charge in [-0.3, -0.25) is 0 Å². The van der Waals surface area contributed by atoms with E-state index in [2.05, 4.69) is 21.2 Å². The lowest BCUT2D eigenvalue weighted by Gasteiger charge is -2.38. The highest BCUT2D eigenvalue weighted by atomic mass is 79.9. The summed E-state index contributed by atoms with van der Waals surface area (Å²) in [5.74, 6) is -0.204. The first-order chi connectivity index (χ1) is 10.2. The molecule has 0 unspecified atom stereocenters. The van der Waals surface area contributed by atoms with E-state index in [1.165, 1.54) is 6.07 Å². The van der Waals surface area contributed by atoms with E-state index in [1.807, 2.05) is 6.07 Å². The fourth-order valence-corrected chi connectivity index (χ4v) is 3.31. The minimum Gasteiger partial charge on any atom is -0.383 e. The zero-order valence-corrected chi connectivity index (χ0v) is 14.0. The first-order valence-electron chi connectivity index (χ1n) is 7.37. The lowest BCUT2D eigenvalue weighted by Crippen LogP contribution is -2.41. The summed E-state index contributed by atoms with van der Waals surface area (Å²) in [6.45, 7) is 4.09. The minimum atomic E-state index is -0.204. The van der Waals surface area contributed by atoms with E-state index in [9.17, 15) is 4.39 Å². The van der Waals surface area contributed by atoms with Gasteiger partial charge in [0.05, 0.1) is 6.61 Å². The molecule has 0 aliphatic carbocycles. The number of methoxy groups -OCH3 is 1. The molecule has 0 amide bonds. The molecule has 1 saturated heterocycles. The topological polar surface area (TPSA) is 30.5 Å². The normalized spacial score (nSPS) is 17.9. The lowest BCUT2D eigenvalue weighted by molar-refractivity contribution is 0.0142. The third kappa shape index (κ3) is 5.02. The van der Waals surface area contributed by atoms with E-state index in [4.69, 9.17) is 9.47 Å². The Labute approximate surface area is 134 Å². The van der Waals surface area contributed by atoms with Crippen LogP contribution in [0.15, 0.2) is 22.7 Å². The van der Waals surface area contributed by atoms with Crippen LogP contribution in [0.5, 0.6) is 0 Å². The Morgan fingerprint density at radius 1 is 1.38 bits per heavy atom. The van der Waals surface area contributed by atoms with Crippen LogP contribution in [0.3, 0.4) is 0 Å². The molecule has 3 nitrogen and oxygen atoms in total. The van der Waals surface area contributed by atoms with Crippen LogP contribution in [0.2, 0.25) is 0 Å². The maximum Gasteiger partial charge on any atom is 0.124 e. The van der Waals surface area contributed by atoms with Gasteiger partial charge < -0.3 is 14.8 Å². The van der Waals surface area contributed by atoms with E-state index >= 15 is 0 Å². The van der Waals surface area contributed by atoms with Gasteiger partial charge in [0.25, 0.3) is 0 Å². The molecule has 1 heterocycles. The fourth-order valence-electron chi connectivity index (χ4n) is 2.82. The molecule has 118 valence electrons. The van der Waals surface area contributed by atoms with Crippen LogP contribution in [0.4, 0.5) is 4.39 Å². The van der Waals surface area contributed by atoms with Crippen LogP contribution in [-0.4, -0.2) is 40.0 Å². The van der Waals surface area contributed by atoms with Gasteiger partial charge in [-0.2, -0.15) is 0 Å². The molecule has 1 aliphatic heterocycles. The highest BCUT2D eigenvalue weighted by Gasteiger charge is 2.33. The Hall–Kier alpha value is -0.490. The van der Waals surface area contributed by atoms with E-state index in [0.717, 1.165) is 55.6 Å². The second-order valence-corrected chi connectivity index (χ2v) is 6.55. The van der Waals surface area contributed by atoms with Crippen molar-refractivity contribution < 1.29 is 13.9 Å². The molecule has 0 spiro atoms. The largest absolute Gasteiger partial charge is 0.383 e. The number of hydrogen-bond donors (Lipinski definition) is 1. The molecule has 21 heavy (non-hydrogen) atoms. The smallest absolute Gasteiger partial charge is 0.124 e. The zero-order chi connectivity index (χ0) is 15.1. The van der Waals surface area contributed by atoms with Gasteiger partial charge in [-0.25, -0.2) is 4.39 Å². The minimum absolute atomic E-state index is 0.173. The van der Waals surface area contributed by atoms with Crippen molar-refractivity contribution >= 4 is 15.9 Å². The van der Waals surface area contributed by atoms with Crippen LogP contribution in [0, 0.1) is 11.2 Å². The number of rotatable bonds is 7. The SMILES string of the molecule is COCCNCC1(Cc2ccc(F)cc2Br)CCOCC1. The molecule has 1 N–H and O–H groups in total. The number of nitrogens with one attached hydrogen (secondary N) is 1. The molecule has 2 rings (SSSR count). The Kier molecular flexibility index (Phi) is 6.61. The summed E-state index contributed by atoms with van der Waals surface area (Å²) < 4.78 is 24.7. The van der Waals surface area contributed by atoms with Gasteiger partial charge in [0.15, 0.2) is 0 Å². The van der Waals surface area contributed by atoms with Gasteiger partial charge in [0, 0.05) is 37.9 Å². The van der Waals surface area contributed by atoms with Gasteiger partial charge in [-0.1, -0.05) is 22.0 Å². The molecule has 0 aromatic heterocycles. The van der Waals surface area contributed by atoms with E-state index in [-0.39, 0.29) is 11.2 Å². The molecule has 1 aromatic carbocycles. The second kappa shape index (κ2) is 8.22. The Balaban J connectivity index is 2.04. The third-order valence-electron chi connectivity index (χ3n) is 4.12. The molecular formula is C16H23BrFNO2. The first kappa shape index (κ1) is 16.9. The Bertz CT molecular complexity index is 450. The van der Waals surface area contributed by atoms with Gasteiger partial charge in [0.1, 0.15) is 5.82 Å². The van der Waals surface area contributed by atoms with Crippen molar-refractivity contribution in [3.63, 3.8) is 0 Å². The van der Waals surface area contributed by atoms with Crippen molar-refractivity contribution in [1.82, 2.24) is 5.32 Å². The van der Waals surface area contributed by atoms with Crippen LogP contribution in [-0.2, 0) is 15.9 Å². The van der Waals surface area contributed by atoms with Gasteiger partial charge in [-0.05, 0) is 42.4 Å². The van der Waals surface area contributed by atoms with Gasteiger partial charge >= 0.3 is 0 Å². The van der Waals surface area contributed by atoms with Gasteiger partial charge in [-0.15, -0.1) is 0 Å². The number of benzene rings is 1. The number of halogens is 2. The standard InChI is InChI=1S/C16H23BrFNO2/c1-20-9-6-19-12-16(4-7-21-8-5-16)11-13-2-3-14(18)10-15(13)17/h2-3,10,19H,4-9,11-12H2,1H3. The molecule has 1 aliphatic rings. The summed E-state index contributed by atoms with van der Waals surface area (Å²) >= 11 is 3.48. The van der Waals surface area contributed by atoms with Crippen LogP contribution in [0.25, 0.3) is 0 Å². The summed E-state index contributed by atoms with van der Waals surface area (Å²) in [6.07, 6.45) is 2.98. The third-order valence-corrected chi connectivity index (χ3v) is 4.86. The quantitative estimate of drug-likeness (QED) is 0.758. The molecule has 5 heteroatoms. The maximum atomic E-state index is 13.2. The van der Waals surface area contributed by atoms with Crippen LogP contribution < -0.4 is 5.32 Å². The summed E-state index contributed by atoms with van der Waals surface area (Å²) in [5, 5.41) is 3.48. The lowest BCUT2D eigenvalue weighted by atomic mass is 9.75. The predicted molar refractivity (Wildman–Crippen MR) is 85.0 cm³/mol. The van der Waals surface area contributed by atoms with Gasteiger partial charge in [0.2, 0.25) is 0 Å². The molecule has 0 radical (unpaired) electrons. The van der Waals surface area contributed by atoms with Crippen molar-refractivity contribution in [3.05, 3.63) is 34.1 Å². The maximum absolute atomic E-state index is 13.2. The van der Waals surface area contributed by atoms with Crippen molar-refractivity contribution in [1.29, 1.82) is 0 Å². The predicted octanol–water partition coefficient (Wildman–Crippen LogP) is 3.16.